The van der Waals surface area contributed by atoms with Gasteiger partial charge in [-0.25, -0.2) is 9.69 Å². The van der Waals surface area contributed by atoms with Crippen LogP contribution in [0.25, 0.3) is 15.7 Å². The number of carbonyl (C=O) groups excluding carboxylic acids is 2. The molecule has 3 atom stereocenters. The van der Waals surface area contributed by atoms with E-state index in [1.807, 2.05) is 48.5 Å². The van der Waals surface area contributed by atoms with Crippen LogP contribution in [0, 0.1) is 0 Å². The van der Waals surface area contributed by atoms with Gasteiger partial charge in [0.05, 0.1) is 24.0 Å². The number of hydrogen-bond acceptors (Lipinski definition) is 6. The maximum Gasteiger partial charge on any atom is 0.329 e. The fraction of sp³-hybridized carbons (Fsp3) is 0.269. The number of rotatable bonds is 4. The molecule has 1 N–H and O–H groups in total. The average molecular weight is 507 g/mol. The van der Waals surface area contributed by atoms with Gasteiger partial charge in [-0.2, -0.15) is 0 Å². The molecule has 1 aromatic heterocycles. The Kier molecular flexibility index (Phi) is 5.67. The molecule has 0 spiro atoms. The molecule has 9 heteroatoms. The molecular weight excluding hydrogens is 484 g/mol. The van der Waals surface area contributed by atoms with Gasteiger partial charge in [-0.1, -0.05) is 35.9 Å². The first-order chi connectivity index (χ1) is 17.0. The number of nitrogens with zero attached hydrogens (tertiary/aromatic N) is 3. The number of methoxy groups -OCH3 is 1. The number of carbonyl (C=O) groups is 2. The number of benzene rings is 2. The van der Waals surface area contributed by atoms with Gasteiger partial charge in [0.15, 0.2) is 0 Å². The minimum atomic E-state index is -0.474. The van der Waals surface area contributed by atoms with Crippen LogP contribution in [0.2, 0.25) is 5.02 Å². The van der Waals surface area contributed by atoms with E-state index < -0.39 is 17.3 Å². The number of halogens is 1. The van der Waals surface area contributed by atoms with E-state index in [1.54, 1.807) is 19.5 Å². The van der Waals surface area contributed by atoms with Crippen LogP contribution < -0.4 is 15.1 Å². The zero-order valence-corrected chi connectivity index (χ0v) is 20.6. The van der Waals surface area contributed by atoms with Gasteiger partial charge in [-0.15, -0.1) is 11.8 Å². The predicted octanol–water partition coefficient (Wildman–Crippen LogP) is 4.69. The largest absolute Gasteiger partial charge is 0.380 e. The van der Waals surface area contributed by atoms with E-state index in [0.29, 0.717) is 10.7 Å². The van der Waals surface area contributed by atoms with Crippen molar-refractivity contribution in [3.05, 3.63) is 71.5 Å². The lowest BCUT2D eigenvalue weighted by atomic mass is 10.1. The lowest BCUT2D eigenvalue weighted by molar-refractivity contribution is -0.118. The normalized spacial score (nSPS) is 24.1. The van der Waals surface area contributed by atoms with E-state index in [1.165, 1.54) is 16.7 Å². The standard InChI is InChI=1S/C26H23ClN4O3S/c1-34-17-8-9-30(14-17)16-7-6-15-12-28-13-22(19(15)10-16)31-25(32)24-21(29-26(31)33)11-23(35-24)18-4-2-3-5-20(18)27/h2-7,10-13,17,21,24H,8-9,14H2,1H3,(H,29,33)/t17-,21?,24?/m0/s1. The number of aromatic nitrogens is 1. The molecule has 0 bridgehead atoms. The molecule has 3 aliphatic heterocycles. The molecule has 3 amide bonds. The van der Waals surface area contributed by atoms with Crippen molar-refractivity contribution in [3.63, 3.8) is 0 Å². The summed E-state index contributed by atoms with van der Waals surface area (Å²) in [5.41, 5.74) is 2.38. The second kappa shape index (κ2) is 8.86. The van der Waals surface area contributed by atoms with Crippen molar-refractivity contribution in [3.8, 4) is 0 Å². The first kappa shape index (κ1) is 22.4. The Bertz CT molecular complexity index is 1380. The summed E-state index contributed by atoms with van der Waals surface area (Å²) in [7, 11) is 1.74. The molecule has 2 fully saturated rings. The lowest BCUT2D eigenvalue weighted by Gasteiger charge is -2.33. The van der Waals surface area contributed by atoms with Crippen molar-refractivity contribution in [1.29, 1.82) is 0 Å². The third-order valence-electron chi connectivity index (χ3n) is 6.82. The third-order valence-corrected chi connectivity index (χ3v) is 8.50. The summed E-state index contributed by atoms with van der Waals surface area (Å²) < 4.78 is 5.51. The summed E-state index contributed by atoms with van der Waals surface area (Å²) >= 11 is 7.82. The van der Waals surface area contributed by atoms with Crippen LogP contribution in [0.15, 0.2) is 60.9 Å². The van der Waals surface area contributed by atoms with Gasteiger partial charge in [-0.05, 0) is 30.7 Å². The number of imide groups is 1. The minimum absolute atomic E-state index is 0.202. The summed E-state index contributed by atoms with van der Waals surface area (Å²) in [5, 5.41) is 4.81. The highest BCUT2D eigenvalue weighted by molar-refractivity contribution is 8.09. The van der Waals surface area contributed by atoms with Gasteiger partial charge in [-0.3, -0.25) is 9.78 Å². The summed E-state index contributed by atoms with van der Waals surface area (Å²) in [4.78, 5) is 35.6. The van der Waals surface area contributed by atoms with Crippen LogP contribution in [-0.4, -0.2) is 54.5 Å². The first-order valence-corrected chi connectivity index (χ1v) is 12.7. The molecule has 178 valence electrons. The van der Waals surface area contributed by atoms with E-state index in [0.717, 1.165) is 46.4 Å². The summed E-state index contributed by atoms with van der Waals surface area (Å²) in [6, 6.07) is 12.7. The minimum Gasteiger partial charge on any atom is -0.380 e. The second-order valence-electron chi connectivity index (χ2n) is 8.85. The van der Waals surface area contributed by atoms with Crippen molar-refractivity contribution < 1.29 is 14.3 Å². The number of fused-ring (bicyclic) bond motifs is 2. The van der Waals surface area contributed by atoms with Crippen LogP contribution in [0.5, 0.6) is 0 Å². The fourth-order valence-corrected chi connectivity index (χ4v) is 6.56. The number of thioether (sulfide) groups is 1. The van der Waals surface area contributed by atoms with Crippen LogP contribution in [0.1, 0.15) is 12.0 Å². The number of urea groups is 1. The molecule has 2 saturated heterocycles. The predicted molar refractivity (Wildman–Crippen MR) is 140 cm³/mol. The van der Waals surface area contributed by atoms with Crippen LogP contribution in [-0.2, 0) is 9.53 Å². The highest BCUT2D eigenvalue weighted by Gasteiger charge is 2.45. The van der Waals surface area contributed by atoms with Gasteiger partial charge in [0.25, 0.3) is 5.91 Å². The molecule has 3 aromatic rings. The summed E-state index contributed by atoms with van der Waals surface area (Å²) in [6.45, 7) is 1.70. The number of pyridine rings is 1. The van der Waals surface area contributed by atoms with E-state index in [2.05, 4.69) is 15.2 Å². The lowest BCUT2D eigenvalue weighted by Crippen LogP contribution is -2.60. The molecule has 3 aliphatic rings. The second-order valence-corrected chi connectivity index (χ2v) is 10.4. The zero-order chi connectivity index (χ0) is 24.1. The molecule has 35 heavy (non-hydrogen) atoms. The molecular formula is C26H23ClN4O3S. The molecule has 4 heterocycles. The Hall–Kier alpha value is -3.07. The maximum atomic E-state index is 13.7. The zero-order valence-electron chi connectivity index (χ0n) is 19.0. The molecule has 0 saturated carbocycles. The third kappa shape index (κ3) is 3.86. The van der Waals surface area contributed by atoms with Crippen molar-refractivity contribution in [2.24, 2.45) is 0 Å². The number of hydrogen-bond donors (Lipinski definition) is 1. The number of amides is 3. The highest BCUT2D eigenvalue weighted by atomic mass is 35.5. The Labute approximate surface area is 212 Å². The SMILES string of the molecule is CO[C@H]1CCN(c2ccc3cncc(N4C(=O)NC5C=C(c6ccccc6Cl)SC5C4=O)c3c2)C1. The Morgan fingerprint density at radius 2 is 2.03 bits per heavy atom. The molecule has 6 rings (SSSR count). The Balaban J connectivity index is 1.33. The van der Waals surface area contributed by atoms with E-state index >= 15 is 0 Å². The van der Waals surface area contributed by atoms with Crippen LogP contribution in [0.4, 0.5) is 16.2 Å². The fourth-order valence-electron chi connectivity index (χ4n) is 4.96. The molecule has 0 radical (unpaired) electrons. The molecule has 7 nitrogen and oxygen atoms in total. The van der Waals surface area contributed by atoms with Gasteiger partial charge < -0.3 is 15.0 Å². The number of ether oxygens (including phenoxy) is 1. The number of anilines is 2. The van der Waals surface area contributed by atoms with Gasteiger partial charge >= 0.3 is 6.03 Å². The number of nitrogens with one attached hydrogen (secondary N) is 1. The molecule has 2 aromatic carbocycles. The monoisotopic (exact) mass is 506 g/mol. The maximum absolute atomic E-state index is 13.7. The molecule has 2 unspecified atom stereocenters. The smallest absolute Gasteiger partial charge is 0.329 e. The van der Waals surface area contributed by atoms with Gasteiger partial charge in [0.2, 0.25) is 0 Å². The van der Waals surface area contributed by atoms with E-state index in [-0.39, 0.29) is 12.0 Å². The molecule has 0 aliphatic carbocycles. The van der Waals surface area contributed by atoms with Crippen molar-refractivity contribution in [1.82, 2.24) is 10.3 Å². The van der Waals surface area contributed by atoms with Gasteiger partial charge in [0, 0.05) is 58.3 Å². The summed E-state index contributed by atoms with van der Waals surface area (Å²) in [6.07, 6.45) is 6.43. The van der Waals surface area contributed by atoms with Gasteiger partial charge in [0.1, 0.15) is 5.25 Å². The van der Waals surface area contributed by atoms with Crippen LogP contribution in [0.3, 0.4) is 0 Å². The average Bonchev–Trinajstić information content (AvgIpc) is 3.52. The quantitative estimate of drug-likeness (QED) is 0.553. The van der Waals surface area contributed by atoms with Crippen molar-refractivity contribution in [2.45, 2.75) is 23.8 Å². The van der Waals surface area contributed by atoms with E-state index in [9.17, 15) is 9.59 Å². The Morgan fingerprint density at radius 1 is 1.17 bits per heavy atom. The van der Waals surface area contributed by atoms with E-state index in [4.69, 9.17) is 16.3 Å². The highest BCUT2D eigenvalue weighted by Crippen LogP contribution is 2.44. The Morgan fingerprint density at radius 3 is 2.83 bits per heavy atom. The van der Waals surface area contributed by atoms with Crippen molar-refractivity contribution >= 4 is 62.4 Å². The van der Waals surface area contributed by atoms with Crippen LogP contribution >= 0.6 is 23.4 Å². The first-order valence-electron chi connectivity index (χ1n) is 11.5. The summed E-state index contributed by atoms with van der Waals surface area (Å²) in [5.74, 6) is -0.262. The topological polar surface area (TPSA) is 74.8 Å². The van der Waals surface area contributed by atoms with Crippen molar-refractivity contribution in [2.75, 3.05) is 30.0 Å².